The Morgan fingerprint density at radius 3 is 2.88 bits per heavy atom. The van der Waals surface area contributed by atoms with E-state index in [4.69, 9.17) is 14.4 Å². The number of thioether (sulfide) groups is 1. The van der Waals surface area contributed by atoms with Gasteiger partial charge in [-0.1, -0.05) is 6.07 Å². The Morgan fingerprint density at radius 2 is 2.24 bits per heavy atom. The Morgan fingerprint density at radius 1 is 1.35 bits per heavy atom. The van der Waals surface area contributed by atoms with E-state index in [1.165, 1.54) is 11.8 Å². The van der Waals surface area contributed by atoms with Gasteiger partial charge in [-0.25, -0.2) is 0 Å². The van der Waals surface area contributed by atoms with E-state index in [9.17, 15) is 0 Å². The third-order valence-corrected chi connectivity index (χ3v) is 3.05. The van der Waals surface area contributed by atoms with Crippen LogP contribution in [-0.2, 0) is 6.61 Å². The molecule has 2 rings (SSSR count). The van der Waals surface area contributed by atoms with Gasteiger partial charge in [0, 0.05) is 4.90 Å². The topological polar surface area (TPSA) is 46.2 Å². The molecule has 1 heterocycles. The average molecular weight is 245 g/mol. The minimum Gasteiger partial charge on any atom is -0.484 e. The van der Waals surface area contributed by atoms with Gasteiger partial charge in [-0.3, -0.25) is 0 Å². The molecule has 3 nitrogen and oxygen atoms in total. The van der Waals surface area contributed by atoms with Crippen LogP contribution in [0, 0.1) is 11.3 Å². The summed E-state index contributed by atoms with van der Waals surface area (Å²) in [6, 6.07) is 11.4. The van der Waals surface area contributed by atoms with Crippen LogP contribution in [0.3, 0.4) is 0 Å². The lowest BCUT2D eigenvalue weighted by molar-refractivity contribution is 0.269. The van der Waals surface area contributed by atoms with Crippen molar-refractivity contribution in [2.75, 3.05) is 6.26 Å². The number of furan rings is 1. The van der Waals surface area contributed by atoms with Crippen molar-refractivity contribution in [2.45, 2.75) is 11.5 Å². The number of nitriles is 1. The maximum absolute atomic E-state index is 9.12. The number of hydrogen-bond acceptors (Lipinski definition) is 4. The molecule has 0 aliphatic carbocycles. The van der Waals surface area contributed by atoms with Crippen molar-refractivity contribution in [1.82, 2.24) is 0 Å². The average Bonchev–Trinajstić information content (AvgIpc) is 2.88. The Kier molecular flexibility index (Phi) is 3.73. The fraction of sp³-hybridized carbons (Fsp3) is 0.154. The Bertz CT molecular complexity index is 529. The van der Waals surface area contributed by atoms with Gasteiger partial charge in [-0.2, -0.15) is 5.26 Å². The van der Waals surface area contributed by atoms with Crippen molar-refractivity contribution < 1.29 is 9.15 Å². The molecular weight excluding hydrogens is 234 g/mol. The first-order chi connectivity index (χ1) is 8.35. The van der Waals surface area contributed by atoms with Crippen molar-refractivity contribution >= 4 is 11.8 Å². The molecule has 4 heteroatoms. The van der Waals surface area contributed by atoms with Crippen LogP contribution in [0.25, 0.3) is 0 Å². The lowest BCUT2D eigenvalue weighted by Gasteiger charge is -2.08. The summed E-state index contributed by atoms with van der Waals surface area (Å²) in [4.78, 5) is 0.921. The molecule has 0 bridgehead atoms. The van der Waals surface area contributed by atoms with E-state index in [1.807, 2.05) is 30.5 Å². The summed E-state index contributed by atoms with van der Waals surface area (Å²) in [6.07, 6.45) is 3.54. The van der Waals surface area contributed by atoms with Gasteiger partial charge < -0.3 is 9.15 Å². The molecule has 2 aromatic rings. The van der Waals surface area contributed by atoms with Gasteiger partial charge in [0.15, 0.2) is 0 Å². The van der Waals surface area contributed by atoms with E-state index in [1.54, 1.807) is 12.3 Å². The number of hydrogen-bond donors (Lipinski definition) is 0. The van der Waals surface area contributed by atoms with Crippen LogP contribution in [0.1, 0.15) is 11.3 Å². The number of benzene rings is 1. The second kappa shape index (κ2) is 5.46. The number of rotatable bonds is 4. The number of ether oxygens (including phenoxy) is 1. The van der Waals surface area contributed by atoms with Crippen LogP contribution in [0.2, 0.25) is 0 Å². The first kappa shape index (κ1) is 11.6. The molecule has 86 valence electrons. The summed E-state index contributed by atoms with van der Waals surface area (Å²) in [6.45, 7) is 0.333. The summed E-state index contributed by atoms with van der Waals surface area (Å²) < 4.78 is 10.8. The molecule has 0 radical (unpaired) electrons. The molecule has 0 aliphatic rings. The zero-order valence-corrected chi connectivity index (χ0v) is 10.2. The van der Waals surface area contributed by atoms with Crippen molar-refractivity contribution in [3.05, 3.63) is 47.9 Å². The smallest absolute Gasteiger partial charge is 0.146 e. The zero-order valence-electron chi connectivity index (χ0n) is 9.34. The molecule has 0 N–H and O–H groups in total. The van der Waals surface area contributed by atoms with Crippen LogP contribution < -0.4 is 4.74 Å². The van der Waals surface area contributed by atoms with Crippen molar-refractivity contribution in [3.63, 3.8) is 0 Å². The summed E-state index contributed by atoms with van der Waals surface area (Å²) >= 11 is 1.53. The summed E-state index contributed by atoms with van der Waals surface area (Å²) in [5, 5.41) is 9.12. The molecule has 0 atom stereocenters. The monoisotopic (exact) mass is 245 g/mol. The molecule has 0 fully saturated rings. The largest absolute Gasteiger partial charge is 0.484 e. The number of nitrogens with zero attached hydrogens (tertiary/aromatic N) is 1. The van der Waals surface area contributed by atoms with Gasteiger partial charge in [0.2, 0.25) is 0 Å². The first-order valence-electron chi connectivity index (χ1n) is 5.07. The van der Waals surface area contributed by atoms with Gasteiger partial charge in [0.05, 0.1) is 6.26 Å². The highest BCUT2D eigenvalue weighted by Crippen LogP contribution is 2.28. The molecule has 0 unspecified atom stereocenters. The summed E-state index contributed by atoms with van der Waals surface area (Å²) in [7, 11) is 0. The maximum Gasteiger partial charge on any atom is 0.146 e. The highest BCUT2D eigenvalue weighted by Gasteiger charge is 2.08. The van der Waals surface area contributed by atoms with Gasteiger partial charge in [-0.05, 0) is 30.5 Å². The Labute approximate surface area is 104 Å². The minimum absolute atomic E-state index is 0.333. The second-order valence-corrected chi connectivity index (χ2v) is 4.16. The van der Waals surface area contributed by atoms with Crippen LogP contribution in [0.15, 0.2) is 45.9 Å². The first-order valence-corrected chi connectivity index (χ1v) is 6.30. The van der Waals surface area contributed by atoms with Gasteiger partial charge >= 0.3 is 0 Å². The Balaban J connectivity index is 2.18. The van der Waals surface area contributed by atoms with Crippen molar-refractivity contribution in [1.29, 1.82) is 5.26 Å². The maximum atomic E-state index is 9.12. The lowest BCUT2D eigenvalue weighted by atomic mass is 10.2. The van der Waals surface area contributed by atoms with E-state index in [0.717, 1.165) is 10.7 Å². The van der Waals surface area contributed by atoms with Gasteiger partial charge in [-0.15, -0.1) is 11.8 Å². The Hall–Kier alpha value is -1.86. The van der Waals surface area contributed by atoms with Crippen molar-refractivity contribution in [3.8, 4) is 11.8 Å². The standard InChI is InChI=1S/C13H11NO2S/c1-17-13-6-2-5-12(11(13)8-14)16-9-10-4-3-7-15-10/h2-7H,9H2,1H3. The van der Waals surface area contributed by atoms with E-state index in [0.29, 0.717) is 17.9 Å². The zero-order chi connectivity index (χ0) is 12.1. The molecule has 0 saturated carbocycles. The summed E-state index contributed by atoms with van der Waals surface area (Å²) in [5.41, 5.74) is 0.576. The fourth-order valence-corrected chi connectivity index (χ4v) is 2.02. The third kappa shape index (κ3) is 2.63. The fourth-order valence-electron chi connectivity index (χ4n) is 1.46. The highest BCUT2D eigenvalue weighted by molar-refractivity contribution is 7.98. The molecule has 1 aromatic carbocycles. The molecular formula is C13H11NO2S. The molecule has 0 aliphatic heterocycles. The predicted octanol–water partition coefficient (Wildman–Crippen LogP) is 3.45. The summed E-state index contributed by atoms with van der Waals surface area (Å²) in [5.74, 6) is 1.33. The normalized spacial score (nSPS) is 9.88. The van der Waals surface area contributed by atoms with Gasteiger partial charge in [0.25, 0.3) is 0 Å². The van der Waals surface area contributed by atoms with Crippen LogP contribution >= 0.6 is 11.8 Å². The highest BCUT2D eigenvalue weighted by atomic mass is 32.2. The third-order valence-electron chi connectivity index (χ3n) is 2.27. The molecule has 17 heavy (non-hydrogen) atoms. The quantitative estimate of drug-likeness (QED) is 0.774. The van der Waals surface area contributed by atoms with Crippen molar-refractivity contribution in [2.24, 2.45) is 0 Å². The van der Waals surface area contributed by atoms with Gasteiger partial charge in [0.1, 0.15) is 29.7 Å². The van der Waals surface area contributed by atoms with E-state index < -0.39 is 0 Å². The second-order valence-electron chi connectivity index (χ2n) is 3.31. The van der Waals surface area contributed by atoms with E-state index in [2.05, 4.69) is 6.07 Å². The van der Waals surface area contributed by atoms with E-state index >= 15 is 0 Å². The molecule has 1 aromatic heterocycles. The SMILES string of the molecule is CSc1cccc(OCc2ccco2)c1C#N. The van der Waals surface area contributed by atoms with Crippen LogP contribution in [-0.4, -0.2) is 6.26 Å². The van der Waals surface area contributed by atoms with Crippen LogP contribution in [0.4, 0.5) is 0 Å². The predicted molar refractivity (Wildman–Crippen MR) is 66.0 cm³/mol. The molecule has 0 amide bonds. The van der Waals surface area contributed by atoms with Crippen LogP contribution in [0.5, 0.6) is 5.75 Å². The molecule has 0 spiro atoms. The molecule has 0 saturated heterocycles. The minimum atomic E-state index is 0.333. The lowest BCUT2D eigenvalue weighted by Crippen LogP contribution is -1.96. The van der Waals surface area contributed by atoms with E-state index in [-0.39, 0.29) is 0 Å².